The predicted octanol–water partition coefficient (Wildman–Crippen LogP) is 2.23. The van der Waals surface area contributed by atoms with E-state index in [1.54, 1.807) is 11.5 Å². The number of methoxy groups -OCH3 is 1. The van der Waals surface area contributed by atoms with Crippen LogP contribution in [0.2, 0.25) is 0 Å². The zero-order valence-corrected chi connectivity index (χ0v) is 18.3. The van der Waals surface area contributed by atoms with Crippen LogP contribution in [0.4, 0.5) is 0 Å². The van der Waals surface area contributed by atoms with Crippen LogP contribution in [0.5, 0.6) is 5.75 Å². The van der Waals surface area contributed by atoms with Gasteiger partial charge in [-0.1, -0.05) is 6.07 Å². The molecule has 158 valence electrons. The van der Waals surface area contributed by atoms with Gasteiger partial charge in [-0.15, -0.1) is 0 Å². The summed E-state index contributed by atoms with van der Waals surface area (Å²) in [6.07, 6.45) is 1.83. The van der Waals surface area contributed by atoms with E-state index in [2.05, 4.69) is 35.4 Å². The second-order valence-corrected chi connectivity index (χ2v) is 7.27. The third-order valence-corrected chi connectivity index (χ3v) is 5.38. The van der Waals surface area contributed by atoms with Gasteiger partial charge in [-0.3, -0.25) is 9.20 Å². The third kappa shape index (κ3) is 4.52. The molecule has 0 saturated carbocycles. The van der Waals surface area contributed by atoms with E-state index in [1.807, 2.05) is 50.4 Å². The number of ether oxygens (including phenoxy) is 1. The van der Waals surface area contributed by atoms with Crippen LogP contribution in [-0.2, 0) is 6.54 Å². The Morgan fingerprint density at radius 3 is 2.70 bits per heavy atom. The average Bonchev–Trinajstić information content (AvgIpc) is 3.11. The van der Waals surface area contributed by atoms with Gasteiger partial charge in [-0.05, 0) is 63.6 Å². The topological polar surface area (TPSA) is 72.4 Å². The number of hydrazone groups is 1. The number of fused-ring (bicyclic) bond motifs is 1. The molecule has 0 aliphatic carbocycles. The quantitative estimate of drug-likeness (QED) is 0.444. The second-order valence-electron chi connectivity index (χ2n) is 7.27. The highest BCUT2D eigenvalue weighted by Crippen LogP contribution is 2.20. The van der Waals surface area contributed by atoms with Crippen molar-refractivity contribution in [2.45, 2.75) is 34.2 Å². The molecule has 2 aromatic heterocycles. The molecule has 0 fully saturated rings. The number of benzene rings is 1. The molecule has 0 radical (unpaired) electrons. The molecule has 0 saturated heterocycles. The van der Waals surface area contributed by atoms with Gasteiger partial charge in [-0.2, -0.15) is 5.10 Å². The van der Waals surface area contributed by atoms with Gasteiger partial charge in [-0.25, -0.2) is 10.4 Å². The van der Waals surface area contributed by atoms with Crippen LogP contribution in [0.25, 0.3) is 5.65 Å². The van der Waals surface area contributed by atoms with E-state index in [1.165, 1.54) is 4.90 Å². The number of rotatable bonds is 8. The van der Waals surface area contributed by atoms with Gasteiger partial charge in [0.15, 0.2) is 0 Å². The SMILES string of the molecule is CC[NH+](CC)Cc1cc(/C(C)=N\NC(=O)c2c(C)nc3ccccn23)ccc1OC. The van der Waals surface area contributed by atoms with E-state index in [-0.39, 0.29) is 5.91 Å². The molecule has 0 aliphatic heterocycles. The van der Waals surface area contributed by atoms with Crippen LogP contribution >= 0.6 is 0 Å². The maximum atomic E-state index is 12.8. The first-order chi connectivity index (χ1) is 14.5. The Morgan fingerprint density at radius 2 is 2.00 bits per heavy atom. The molecule has 1 aromatic carbocycles. The van der Waals surface area contributed by atoms with E-state index >= 15 is 0 Å². The number of hydrogen-bond acceptors (Lipinski definition) is 4. The monoisotopic (exact) mass is 408 g/mol. The lowest BCUT2D eigenvalue weighted by Crippen LogP contribution is -3.10. The first kappa shape index (κ1) is 21.5. The summed E-state index contributed by atoms with van der Waals surface area (Å²) in [7, 11) is 1.69. The van der Waals surface area contributed by atoms with Crippen molar-refractivity contribution in [3.63, 3.8) is 0 Å². The molecule has 0 spiro atoms. The van der Waals surface area contributed by atoms with Gasteiger partial charge in [0.1, 0.15) is 23.6 Å². The summed E-state index contributed by atoms with van der Waals surface area (Å²) in [5, 5.41) is 4.34. The number of nitrogens with zero attached hydrogens (tertiary/aromatic N) is 3. The van der Waals surface area contributed by atoms with Gasteiger partial charge < -0.3 is 9.64 Å². The highest BCUT2D eigenvalue weighted by molar-refractivity contribution is 6.01. The molecule has 0 aliphatic rings. The minimum atomic E-state index is -0.285. The number of carbonyl (C=O) groups excluding carboxylic acids is 1. The molecular formula is C23H30N5O2+. The molecule has 0 bridgehead atoms. The lowest BCUT2D eigenvalue weighted by Gasteiger charge is -2.18. The lowest BCUT2D eigenvalue weighted by molar-refractivity contribution is -0.910. The Labute approximate surface area is 177 Å². The third-order valence-electron chi connectivity index (χ3n) is 5.38. The molecular weight excluding hydrogens is 378 g/mol. The van der Waals surface area contributed by atoms with Crippen LogP contribution in [-0.4, -0.2) is 41.2 Å². The van der Waals surface area contributed by atoms with E-state index in [0.717, 1.165) is 47.9 Å². The maximum absolute atomic E-state index is 12.8. The number of pyridine rings is 1. The van der Waals surface area contributed by atoms with Gasteiger partial charge in [0.2, 0.25) is 0 Å². The molecule has 2 heterocycles. The van der Waals surface area contributed by atoms with Crippen LogP contribution in [0.3, 0.4) is 0 Å². The largest absolute Gasteiger partial charge is 0.496 e. The van der Waals surface area contributed by atoms with E-state index in [0.29, 0.717) is 11.4 Å². The van der Waals surface area contributed by atoms with E-state index in [4.69, 9.17) is 4.74 Å². The average molecular weight is 409 g/mol. The smallest absolute Gasteiger partial charge is 0.290 e. The summed E-state index contributed by atoms with van der Waals surface area (Å²) in [4.78, 5) is 18.7. The Bertz CT molecular complexity index is 1070. The van der Waals surface area contributed by atoms with E-state index in [9.17, 15) is 4.79 Å². The molecule has 3 aromatic rings. The van der Waals surface area contributed by atoms with Crippen molar-refractivity contribution in [2.24, 2.45) is 5.10 Å². The highest BCUT2D eigenvalue weighted by atomic mass is 16.5. The molecule has 1 amide bonds. The van der Waals surface area contributed by atoms with Crippen LogP contribution < -0.4 is 15.1 Å². The van der Waals surface area contributed by atoms with Crippen LogP contribution in [0.15, 0.2) is 47.7 Å². The van der Waals surface area contributed by atoms with Crippen molar-refractivity contribution >= 4 is 17.3 Å². The lowest BCUT2D eigenvalue weighted by atomic mass is 10.1. The molecule has 2 N–H and O–H groups in total. The van der Waals surface area contributed by atoms with Gasteiger partial charge in [0.05, 0.1) is 31.6 Å². The first-order valence-electron chi connectivity index (χ1n) is 10.3. The van der Waals surface area contributed by atoms with Gasteiger partial charge in [0, 0.05) is 11.8 Å². The summed E-state index contributed by atoms with van der Waals surface area (Å²) >= 11 is 0. The normalized spacial score (nSPS) is 11.9. The fourth-order valence-electron chi connectivity index (χ4n) is 3.55. The highest BCUT2D eigenvalue weighted by Gasteiger charge is 2.16. The summed E-state index contributed by atoms with van der Waals surface area (Å²) in [5.74, 6) is 0.586. The zero-order chi connectivity index (χ0) is 21.7. The summed E-state index contributed by atoms with van der Waals surface area (Å²) in [6, 6.07) is 11.7. The molecule has 3 rings (SSSR count). The summed E-state index contributed by atoms with van der Waals surface area (Å²) in [6.45, 7) is 11.0. The van der Waals surface area contributed by atoms with Gasteiger partial charge >= 0.3 is 0 Å². The second kappa shape index (κ2) is 9.54. The zero-order valence-electron chi connectivity index (χ0n) is 18.3. The summed E-state index contributed by atoms with van der Waals surface area (Å²) in [5.41, 5.74) is 7.38. The Hall–Kier alpha value is -3.19. The number of quaternary nitrogens is 1. The molecule has 7 heteroatoms. The fraction of sp³-hybridized carbons (Fsp3) is 0.348. The number of hydrogen-bond donors (Lipinski definition) is 2. The first-order valence-corrected chi connectivity index (χ1v) is 10.3. The Kier molecular flexibility index (Phi) is 6.84. The minimum absolute atomic E-state index is 0.285. The fourth-order valence-corrected chi connectivity index (χ4v) is 3.55. The van der Waals surface area contributed by atoms with Gasteiger partial charge in [0.25, 0.3) is 5.91 Å². The van der Waals surface area contributed by atoms with Crippen molar-refractivity contribution in [3.8, 4) is 5.75 Å². The number of nitrogens with one attached hydrogen (secondary N) is 2. The number of carbonyl (C=O) groups is 1. The van der Waals surface area contributed by atoms with Crippen molar-refractivity contribution in [3.05, 3.63) is 65.1 Å². The van der Waals surface area contributed by atoms with Crippen molar-refractivity contribution in [1.82, 2.24) is 14.8 Å². The maximum Gasteiger partial charge on any atom is 0.290 e. The molecule has 30 heavy (non-hydrogen) atoms. The molecule has 0 atom stereocenters. The number of amides is 1. The van der Waals surface area contributed by atoms with Crippen LogP contribution in [0, 0.1) is 6.92 Å². The van der Waals surface area contributed by atoms with E-state index < -0.39 is 0 Å². The minimum Gasteiger partial charge on any atom is -0.496 e. The van der Waals surface area contributed by atoms with Crippen LogP contribution in [0.1, 0.15) is 48.1 Å². The van der Waals surface area contributed by atoms with Crippen molar-refractivity contribution < 1.29 is 14.4 Å². The Balaban J connectivity index is 1.82. The standard InChI is InChI=1S/C23H29N5O2/c1-6-27(7-2)15-19-14-18(11-12-20(19)30-5)16(3)25-26-23(29)22-17(4)24-21-10-8-9-13-28(21)22/h8-14H,6-7,15H2,1-5H3,(H,26,29)/p+1/b25-16-. The molecule has 0 unspecified atom stereocenters. The summed E-state index contributed by atoms with van der Waals surface area (Å²) < 4.78 is 7.31. The van der Waals surface area contributed by atoms with Crippen molar-refractivity contribution in [2.75, 3.05) is 20.2 Å². The predicted molar refractivity (Wildman–Crippen MR) is 118 cm³/mol. The number of imidazole rings is 1. The number of aryl methyl sites for hydroxylation is 1. The Morgan fingerprint density at radius 1 is 1.23 bits per heavy atom. The van der Waals surface area contributed by atoms with Crippen molar-refractivity contribution in [1.29, 1.82) is 0 Å². The number of aromatic nitrogens is 2. The molecule has 7 nitrogen and oxygen atoms in total.